The van der Waals surface area contributed by atoms with Crippen molar-refractivity contribution in [3.63, 3.8) is 0 Å². The molecule has 0 unspecified atom stereocenters. The molecule has 0 spiro atoms. The lowest BCUT2D eigenvalue weighted by molar-refractivity contribution is -0.123. The molecule has 0 N–H and O–H groups in total. The van der Waals surface area contributed by atoms with Gasteiger partial charge in [-0.05, 0) is 37.1 Å². The van der Waals surface area contributed by atoms with E-state index in [1.165, 1.54) is 0 Å². The summed E-state index contributed by atoms with van der Waals surface area (Å²) < 4.78 is -1.91. The number of benzene rings is 1. The second kappa shape index (κ2) is 5.46. The van der Waals surface area contributed by atoms with Gasteiger partial charge in [-0.25, -0.2) is 4.90 Å². The molecule has 1 saturated heterocycles. The van der Waals surface area contributed by atoms with Gasteiger partial charge in [0.1, 0.15) is 9.75 Å². The first kappa shape index (κ1) is 19.2. The van der Waals surface area contributed by atoms with Gasteiger partial charge in [0.05, 0.1) is 27.6 Å². The van der Waals surface area contributed by atoms with E-state index >= 15 is 0 Å². The maximum Gasteiger partial charge on any atom is 0.240 e. The summed E-state index contributed by atoms with van der Waals surface area (Å²) in [5.74, 6) is -3.32. The Balaban J connectivity index is 1.90. The minimum absolute atomic E-state index is 0.0924. The molecule has 3 nitrogen and oxygen atoms in total. The predicted molar refractivity (Wildman–Crippen MR) is 106 cm³/mol. The van der Waals surface area contributed by atoms with Crippen molar-refractivity contribution in [2.75, 3.05) is 4.90 Å². The van der Waals surface area contributed by atoms with E-state index in [4.69, 9.17) is 69.6 Å². The Bertz CT molecular complexity index is 882. The van der Waals surface area contributed by atoms with Crippen LogP contribution in [0.25, 0.3) is 0 Å². The second-order valence-corrected chi connectivity index (χ2v) is 10.1. The Morgan fingerprint density at radius 2 is 1.31 bits per heavy atom. The molecule has 26 heavy (non-hydrogen) atoms. The normalized spacial score (nSPS) is 37.8. The van der Waals surface area contributed by atoms with Gasteiger partial charge < -0.3 is 0 Å². The molecule has 9 heteroatoms. The second-order valence-electron chi connectivity index (χ2n) is 6.86. The Morgan fingerprint density at radius 1 is 0.846 bits per heavy atom. The standard InChI is InChI=1S/C17H11Cl6NO2/c1-6-3-4-8(5-7(6)2)24-13(25)9-10(14(24)26)16(21)12(19)11(18)15(9,20)17(16,22)23/h3-5,9-10H,1-2H3/t9-,10-,15-,16-/m0/s1. The van der Waals surface area contributed by atoms with Crippen LogP contribution in [0.1, 0.15) is 11.1 Å². The quantitative estimate of drug-likeness (QED) is 0.412. The van der Waals surface area contributed by atoms with E-state index < -0.39 is 37.7 Å². The topological polar surface area (TPSA) is 37.4 Å². The van der Waals surface area contributed by atoms with Crippen LogP contribution in [0.5, 0.6) is 0 Å². The fourth-order valence-corrected chi connectivity index (χ4v) is 7.04. The number of nitrogens with zero attached hydrogens (tertiary/aromatic N) is 1. The molecular weight excluding hydrogens is 463 g/mol. The Hall–Kier alpha value is -0.160. The third kappa shape index (κ3) is 1.81. The number of imide groups is 1. The van der Waals surface area contributed by atoms with E-state index in [0.29, 0.717) is 5.69 Å². The molecule has 1 saturated carbocycles. The number of rotatable bonds is 1. The first-order valence-corrected chi connectivity index (χ1v) is 9.96. The molecule has 2 fully saturated rings. The van der Waals surface area contributed by atoms with Crippen molar-refractivity contribution in [1.29, 1.82) is 0 Å². The van der Waals surface area contributed by atoms with E-state index in [9.17, 15) is 9.59 Å². The third-order valence-corrected chi connectivity index (χ3v) is 9.92. The van der Waals surface area contributed by atoms with Gasteiger partial charge in [-0.15, -0.1) is 23.2 Å². The molecule has 1 aromatic carbocycles. The van der Waals surface area contributed by atoms with Gasteiger partial charge in [-0.3, -0.25) is 9.59 Å². The van der Waals surface area contributed by atoms with Crippen LogP contribution in [0.3, 0.4) is 0 Å². The van der Waals surface area contributed by atoms with E-state index in [0.717, 1.165) is 16.0 Å². The van der Waals surface area contributed by atoms with Crippen molar-refractivity contribution < 1.29 is 9.59 Å². The summed E-state index contributed by atoms with van der Waals surface area (Å²) in [6.07, 6.45) is 0. The summed E-state index contributed by atoms with van der Waals surface area (Å²) in [6, 6.07) is 5.27. The van der Waals surface area contributed by atoms with Gasteiger partial charge in [-0.2, -0.15) is 0 Å². The van der Waals surface area contributed by atoms with Crippen molar-refractivity contribution in [2.24, 2.45) is 11.8 Å². The largest absolute Gasteiger partial charge is 0.274 e. The maximum atomic E-state index is 13.2. The highest BCUT2D eigenvalue weighted by atomic mass is 35.5. The van der Waals surface area contributed by atoms with Crippen LogP contribution in [0.15, 0.2) is 28.3 Å². The molecule has 3 aliphatic rings. The number of halogens is 6. The molecule has 1 heterocycles. The van der Waals surface area contributed by atoms with Crippen molar-refractivity contribution in [2.45, 2.75) is 27.9 Å². The summed E-state index contributed by atoms with van der Waals surface area (Å²) >= 11 is 38.8. The highest BCUT2D eigenvalue weighted by Gasteiger charge is 2.87. The number of hydrogen-bond acceptors (Lipinski definition) is 2. The van der Waals surface area contributed by atoms with Crippen molar-refractivity contribution in [3.8, 4) is 0 Å². The van der Waals surface area contributed by atoms with Crippen LogP contribution in [-0.4, -0.2) is 25.9 Å². The number of allylic oxidation sites excluding steroid dienone is 2. The highest BCUT2D eigenvalue weighted by molar-refractivity contribution is 6.67. The zero-order valence-electron chi connectivity index (χ0n) is 13.4. The number of amides is 2. The Kier molecular flexibility index (Phi) is 4.03. The third-order valence-electron chi connectivity index (χ3n) is 5.66. The van der Waals surface area contributed by atoms with Gasteiger partial charge in [-0.1, -0.05) is 52.5 Å². The number of fused-ring (bicyclic) bond motifs is 5. The summed E-state index contributed by atoms with van der Waals surface area (Å²) in [6.45, 7) is 3.82. The van der Waals surface area contributed by atoms with Crippen molar-refractivity contribution >= 4 is 87.1 Å². The van der Waals surface area contributed by atoms with Gasteiger partial charge in [0, 0.05) is 0 Å². The molecule has 138 valence electrons. The number of alkyl halides is 4. The fourth-order valence-electron chi connectivity index (χ4n) is 4.11. The van der Waals surface area contributed by atoms with Gasteiger partial charge in [0.15, 0.2) is 4.33 Å². The first-order valence-electron chi connectivity index (χ1n) is 7.69. The lowest BCUT2D eigenvalue weighted by Crippen LogP contribution is -2.50. The Labute approximate surface area is 180 Å². The summed E-state index contributed by atoms with van der Waals surface area (Å²) in [5, 5.41) is -0.185. The highest BCUT2D eigenvalue weighted by Crippen LogP contribution is 2.77. The predicted octanol–water partition coefficient (Wildman–Crippen LogP) is 5.25. The summed E-state index contributed by atoms with van der Waals surface area (Å²) in [5.41, 5.74) is 2.39. The number of hydrogen-bond donors (Lipinski definition) is 0. The monoisotopic (exact) mass is 471 g/mol. The van der Waals surface area contributed by atoms with Crippen LogP contribution in [0.4, 0.5) is 5.69 Å². The van der Waals surface area contributed by atoms with Crippen molar-refractivity contribution in [3.05, 3.63) is 39.4 Å². The molecule has 0 radical (unpaired) electrons. The summed E-state index contributed by atoms with van der Waals surface area (Å²) in [4.78, 5) is 23.9. The van der Waals surface area contributed by atoms with Crippen LogP contribution in [-0.2, 0) is 9.59 Å². The number of carbonyl (C=O) groups excluding carboxylic acids is 2. The number of anilines is 1. The first-order chi connectivity index (χ1) is 11.9. The van der Waals surface area contributed by atoms with E-state index in [1.807, 2.05) is 19.9 Å². The lowest BCUT2D eigenvalue weighted by Gasteiger charge is -2.34. The number of carbonyl (C=O) groups is 2. The van der Waals surface area contributed by atoms with Crippen LogP contribution >= 0.6 is 69.6 Å². The van der Waals surface area contributed by atoms with Crippen LogP contribution < -0.4 is 4.90 Å². The molecule has 0 aromatic heterocycles. The molecule has 2 bridgehead atoms. The van der Waals surface area contributed by atoms with E-state index in [2.05, 4.69) is 0 Å². The van der Waals surface area contributed by atoms with Crippen LogP contribution in [0, 0.1) is 25.7 Å². The van der Waals surface area contributed by atoms with E-state index in [1.54, 1.807) is 12.1 Å². The van der Waals surface area contributed by atoms with Gasteiger partial charge in [0.25, 0.3) is 0 Å². The van der Waals surface area contributed by atoms with Gasteiger partial charge in [0.2, 0.25) is 11.8 Å². The molecule has 2 amide bonds. The minimum atomic E-state index is -1.91. The molecule has 1 aliphatic heterocycles. The van der Waals surface area contributed by atoms with Crippen LogP contribution in [0.2, 0.25) is 0 Å². The van der Waals surface area contributed by atoms with Crippen molar-refractivity contribution in [1.82, 2.24) is 0 Å². The molecule has 2 aliphatic carbocycles. The average molecular weight is 474 g/mol. The Morgan fingerprint density at radius 3 is 1.73 bits per heavy atom. The van der Waals surface area contributed by atoms with E-state index in [-0.39, 0.29) is 10.1 Å². The molecule has 4 atom stereocenters. The fraction of sp³-hybridized carbons (Fsp3) is 0.412. The molecule has 4 rings (SSSR count). The summed E-state index contributed by atoms with van der Waals surface area (Å²) in [7, 11) is 0. The SMILES string of the molecule is Cc1ccc(N2C(=O)[C@@H]3[C@@H](C2=O)[C@]2(Cl)C(Cl)=C(Cl)[C@]3(Cl)C2(Cl)Cl)cc1C. The zero-order chi connectivity index (χ0) is 19.4. The maximum absolute atomic E-state index is 13.2. The average Bonchev–Trinajstić information content (AvgIpc) is 2.95. The smallest absolute Gasteiger partial charge is 0.240 e. The lowest BCUT2D eigenvalue weighted by atomic mass is 9.84. The molecule has 1 aromatic rings. The number of aryl methyl sites for hydroxylation is 2. The zero-order valence-corrected chi connectivity index (χ0v) is 18.0. The molecular formula is C17H11Cl6NO2. The minimum Gasteiger partial charge on any atom is -0.274 e. The van der Waals surface area contributed by atoms with Gasteiger partial charge >= 0.3 is 0 Å².